The Morgan fingerprint density at radius 2 is 1.62 bits per heavy atom. The molecule has 134 valence electrons. The molecule has 1 aromatic heterocycles. The van der Waals surface area contributed by atoms with Crippen LogP contribution in [0.4, 0.5) is 18.9 Å². The van der Waals surface area contributed by atoms with Gasteiger partial charge in [-0.25, -0.2) is 0 Å². The monoisotopic (exact) mass is 399 g/mol. The van der Waals surface area contributed by atoms with Gasteiger partial charge in [-0.3, -0.25) is 4.79 Å². The largest absolute Gasteiger partial charge is 0.451 e. The molecule has 0 saturated carbocycles. The molecular formula is C18H10Cl2F3NO2. The lowest BCUT2D eigenvalue weighted by Gasteiger charge is -2.10. The normalized spacial score (nSPS) is 11.4. The van der Waals surface area contributed by atoms with E-state index >= 15 is 0 Å². The number of hydrogen-bond acceptors (Lipinski definition) is 2. The van der Waals surface area contributed by atoms with Gasteiger partial charge in [0, 0.05) is 21.3 Å². The van der Waals surface area contributed by atoms with Crippen LogP contribution in [0.3, 0.4) is 0 Å². The van der Waals surface area contributed by atoms with E-state index in [1.165, 1.54) is 48.5 Å². The fraction of sp³-hybridized carbons (Fsp3) is 0.0556. The lowest BCUT2D eigenvalue weighted by atomic mass is 10.1. The lowest BCUT2D eigenvalue weighted by Crippen LogP contribution is -2.10. The van der Waals surface area contributed by atoms with Crippen LogP contribution in [-0.4, -0.2) is 5.91 Å². The van der Waals surface area contributed by atoms with Gasteiger partial charge in [-0.15, -0.1) is 0 Å². The zero-order valence-electron chi connectivity index (χ0n) is 12.9. The summed E-state index contributed by atoms with van der Waals surface area (Å²) in [4.78, 5) is 12.2. The molecule has 0 aliphatic heterocycles. The first-order chi connectivity index (χ1) is 12.2. The highest BCUT2D eigenvalue weighted by atomic mass is 35.5. The third kappa shape index (κ3) is 4.03. The highest BCUT2D eigenvalue weighted by Gasteiger charge is 2.34. The van der Waals surface area contributed by atoms with Crippen molar-refractivity contribution in [3.05, 3.63) is 76.0 Å². The van der Waals surface area contributed by atoms with E-state index < -0.39 is 17.6 Å². The van der Waals surface area contributed by atoms with E-state index in [-0.39, 0.29) is 17.1 Å². The summed E-state index contributed by atoms with van der Waals surface area (Å²) in [5.74, 6) is -0.848. The van der Waals surface area contributed by atoms with Crippen molar-refractivity contribution in [1.29, 1.82) is 0 Å². The van der Waals surface area contributed by atoms with Gasteiger partial charge in [-0.05, 0) is 36.4 Å². The molecule has 0 aliphatic rings. The number of rotatable bonds is 3. The van der Waals surface area contributed by atoms with Crippen LogP contribution in [0.1, 0.15) is 16.1 Å². The summed E-state index contributed by atoms with van der Waals surface area (Å²) >= 11 is 11.7. The third-order valence-corrected chi connectivity index (χ3v) is 3.88. The van der Waals surface area contributed by atoms with Crippen LogP contribution in [0.2, 0.25) is 10.0 Å². The van der Waals surface area contributed by atoms with E-state index in [1.54, 1.807) is 0 Å². The van der Waals surface area contributed by atoms with Gasteiger partial charge in [0.1, 0.15) is 5.76 Å². The molecule has 0 spiro atoms. The van der Waals surface area contributed by atoms with Crippen LogP contribution in [0, 0.1) is 0 Å². The van der Waals surface area contributed by atoms with Crippen molar-refractivity contribution in [2.24, 2.45) is 0 Å². The van der Waals surface area contributed by atoms with Crippen molar-refractivity contribution >= 4 is 34.8 Å². The van der Waals surface area contributed by atoms with Crippen molar-refractivity contribution in [2.45, 2.75) is 6.18 Å². The van der Waals surface area contributed by atoms with Gasteiger partial charge < -0.3 is 9.73 Å². The Morgan fingerprint density at radius 3 is 2.27 bits per heavy atom. The van der Waals surface area contributed by atoms with Crippen molar-refractivity contribution < 1.29 is 22.4 Å². The Labute approximate surface area is 156 Å². The van der Waals surface area contributed by atoms with E-state index in [0.717, 1.165) is 6.07 Å². The topological polar surface area (TPSA) is 42.2 Å². The zero-order valence-corrected chi connectivity index (χ0v) is 14.4. The molecule has 0 radical (unpaired) electrons. The highest BCUT2D eigenvalue weighted by molar-refractivity contribution is 6.35. The Morgan fingerprint density at radius 1 is 0.962 bits per heavy atom. The molecule has 0 atom stereocenters. The lowest BCUT2D eigenvalue weighted by molar-refractivity contribution is -0.137. The Bertz CT molecular complexity index is 947. The maximum atomic E-state index is 13.1. The molecule has 1 N–H and O–H groups in total. The van der Waals surface area contributed by atoms with Crippen molar-refractivity contribution in [2.75, 3.05) is 5.32 Å². The molecule has 3 rings (SSSR count). The smallest absolute Gasteiger partial charge is 0.417 e. The second-order valence-electron chi connectivity index (χ2n) is 5.32. The van der Waals surface area contributed by atoms with Gasteiger partial charge in [-0.2, -0.15) is 13.2 Å². The fourth-order valence-corrected chi connectivity index (χ4v) is 2.89. The third-order valence-electron chi connectivity index (χ3n) is 3.45. The summed E-state index contributed by atoms with van der Waals surface area (Å²) in [6.07, 6.45) is -4.54. The molecule has 3 aromatic rings. The van der Waals surface area contributed by atoms with Crippen LogP contribution in [0.5, 0.6) is 0 Å². The Balaban J connectivity index is 1.88. The number of benzene rings is 2. The number of hydrogen-bond donors (Lipinski definition) is 1. The van der Waals surface area contributed by atoms with Gasteiger partial charge >= 0.3 is 6.18 Å². The molecule has 0 aliphatic carbocycles. The average molecular weight is 400 g/mol. The predicted octanol–water partition coefficient (Wildman–Crippen LogP) is 6.52. The second kappa shape index (κ2) is 7.05. The van der Waals surface area contributed by atoms with E-state index in [0.29, 0.717) is 15.7 Å². The molecule has 1 heterocycles. The SMILES string of the molecule is O=C(Nc1cc(Cl)cc(Cl)c1)c1ccc(-c2ccccc2C(F)(F)F)o1. The molecular weight excluding hydrogens is 390 g/mol. The molecule has 8 heteroatoms. The number of carbonyl (C=O) groups excluding carboxylic acids is 1. The highest BCUT2D eigenvalue weighted by Crippen LogP contribution is 2.37. The van der Waals surface area contributed by atoms with Gasteiger partial charge in [-0.1, -0.05) is 41.4 Å². The first-order valence-corrected chi connectivity index (χ1v) is 8.03. The number of alkyl halides is 3. The fourth-order valence-electron chi connectivity index (χ4n) is 2.37. The minimum Gasteiger partial charge on any atom is -0.451 e. The van der Waals surface area contributed by atoms with E-state index in [9.17, 15) is 18.0 Å². The maximum absolute atomic E-state index is 13.1. The maximum Gasteiger partial charge on any atom is 0.417 e. The summed E-state index contributed by atoms with van der Waals surface area (Å²) in [6, 6.07) is 12.0. The summed E-state index contributed by atoms with van der Waals surface area (Å²) < 4.78 is 44.7. The van der Waals surface area contributed by atoms with E-state index in [4.69, 9.17) is 27.6 Å². The van der Waals surface area contributed by atoms with Gasteiger partial charge in [0.25, 0.3) is 5.91 Å². The van der Waals surface area contributed by atoms with Crippen LogP contribution < -0.4 is 5.32 Å². The Hall–Kier alpha value is -2.44. The predicted molar refractivity (Wildman–Crippen MR) is 93.6 cm³/mol. The van der Waals surface area contributed by atoms with E-state index in [2.05, 4.69) is 5.32 Å². The minimum absolute atomic E-state index is 0.0628. The average Bonchev–Trinajstić information content (AvgIpc) is 3.03. The molecule has 3 nitrogen and oxygen atoms in total. The Kier molecular flexibility index (Phi) is 4.98. The summed E-state index contributed by atoms with van der Waals surface area (Å²) in [6.45, 7) is 0. The molecule has 2 aromatic carbocycles. The number of amides is 1. The van der Waals surface area contributed by atoms with Crippen LogP contribution in [0.15, 0.2) is 59.0 Å². The van der Waals surface area contributed by atoms with Crippen LogP contribution in [-0.2, 0) is 6.18 Å². The number of nitrogens with one attached hydrogen (secondary N) is 1. The molecule has 1 amide bonds. The number of anilines is 1. The van der Waals surface area contributed by atoms with Crippen molar-refractivity contribution in [3.8, 4) is 11.3 Å². The van der Waals surface area contributed by atoms with Crippen LogP contribution in [0.25, 0.3) is 11.3 Å². The van der Waals surface area contributed by atoms with Crippen molar-refractivity contribution in [3.63, 3.8) is 0 Å². The van der Waals surface area contributed by atoms with E-state index in [1.807, 2.05) is 0 Å². The standard InChI is InChI=1S/C18H10Cl2F3NO2/c19-10-7-11(20)9-12(8-10)24-17(25)16-6-5-15(26-16)13-3-1-2-4-14(13)18(21,22)23/h1-9H,(H,24,25). The molecule has 0 unspecified atom stereocenters. The van der Waals surface area contributed by atoms with Gasteiger partial charge in [0.05, 0.1) is 5.56 Å². The molecule has 0 saturated heterocycles. The van der Waals surface area contributed by atoms with Crippen molar-refractivity contribution in [1.82, 2.24) is 0 Å². The van der Waals surface area contributed by atoms with Gasteiger partial charge in [0.2, 0.25) is 0 Å². The summed E-state index contributed by atoms with van der Waals surface area (Å²) in [5, 5.41) is 3.18. The quantitative estimate of drug-likeness (QED) is 0.544. The zero-order chi connectivity index (χ0) is 18.9. The summed E-state index contributed by atoms with van der Waals surface area (Å²) in [7, 11) is 0. The number of carbonyl (C=O) groups is 1. The molecule has 0 fully saturated rings. The first-order valence-electron chi connectivity index (χ1n) is 7.28. The molecule has 0 bridgehead atoms. The number of furan rings is 1. The summed E-state index contributed by atoms with van der Waals surface area (Å²) in [5.41, 5.74) is -0.658. The minimum atomic E-state index is -4.54. The number of halogens is 5. The van der Waals surface area contributed by atoms with Crippen LogP contribution >= 0.6 is 23.2 Å². The second-order valence-corrected chi connectivity index (χ2v) is 6.19. The van der Waals surface area contributed by atoms with Gasteiger partial charge in [0.15, 0.2) is 5.76 Å². The first kappa shape index (κ1) is 18.4. The molecule has 26 heavy (non-hydrogen) atoms.